The van der Waals surface area contributed by atoms with Crippen molar-refractivity contribution in [3.63, 3.8) is 0 Å². The Hall–Kier alpha value is -3.03. The van der Waals surface area contributed by atoms with Gasteiger partial charge in [0, 0.05) is 12.1 Å². The van der Waals surface area contributed by atoms with Crippen LogP contribution in [0.25, 0.3) is 11.1 Å². The average molecular weight is 319 g/mol. The molecule has 3 aromatic rings. The van der Waals surface area contributed by atoms with E-state index in [2.05, 4.69) is 15.3 Å². The molecular formula is C15H11F2N3O3. The lowest BCUT2D eigenvalue weighted by atomic mass is 10.1. The van der Waals surface area contributed by atoms with Crippen molar-refractivity contribution in [3.8, 4) is 0 Å². The number of rotatable bonds is 3. The fraction of sp³-hybridized carbons (Fsp3) is 0.133. The molecule has 118 valence electrons. The monoisotopic (exact) mass is 319 g/mol. The molecule has 1 aromatic carbocycles. The first-order valence-electron chi connectivity index (χ1n) is 6.67. The molecule has 0 saturated carbocycles. The maximum absolute atomic E-state index is 13.6. The normalized spacial score (nSPS) is 10.9. The molecule has 0 spiro atoms. The van der Waals surface area contributed by atoms with Gasteiger partial charge in [-0.2, -0.15) is 0 Å². The fourth-order valence-electron chi connectivity index (χ4n) is 2.28. The Kier molecular flexibility index (Phi) is 3.65. The summed E-state index contributed by atoms with van der Waals surface area (Å²) in [6.07, 6.45) is 1.16. The van der Waals surface area contributed by atoms with Crippen molar-refractivity contribution in [2.45, 2.75) is 13.5 Å². The van der Waals surface area contributed by atoms with E-state index in [1.807, 2.05) is 0 Å². The molecule has 0 saturated heterocycles. The minimum atomic E-state index is -1.03. The van der Waals surface area contributed by atoms with Crippen LogP contribution in [0.1, 0.15) is 21.7 Å². The van der Waals surface area contributed by atoms with Gasteiger partial charge in [0.2, 0.25) is 5.71 Å². The van der Waals surface area contributed by atoms with Crippen LogP contribution in [0, 0.1) is 18.6 Å². The van der Waals surface area contributed by atoms with Crippen molar-refractivity contribution in [1.29, 1.82) is 0 Å². The van der Waals surface area contributed by atoms with E-state index in [0.717, 1.165) is 12.4 Å². The molecule has 23 heavy (non-hydrogen) atoms. The number of nitrogens with zero attached hydrogens (tertiary/aromatic N) is 1. The van der Waals surface area contributed by atoms with Gasteiger partial charge >= 0.3 is 0 Å². The molecule has 0 bridgehead atoms. The summed E-state index contributed by atoms with van der Waals surface area (Å²) in [5, 5.41) is 2.46. The number of hydrogen-bond acceptors (Lipinski definition) is 4. The summed E-state index contributed by atoms with van der Waals surface area (Å²) >= 11 is 0. The van der Waals surface area contributed by atoms with Crippen molar-refractivity contribution >= 4 is 17.0 Å². The SMILES string of the molecule is Cc1oc2nc[nH]c(=O)c2c1C(=O)NCc1cccc(F)c1F. The summed E-state index contributed by atoms with van der Waals surface area (Å²) in [4.78, 5) is 30.3. The van der Waals surface area contributed by atoms with Crippen LogP contribution < -0.4 is 10.9 Å². The number of aromatic amines is 1. The van der Waals surface area contributed by atoms with Gasteiger partial charge in [-0.15, -0.1) is 0 Å². The zero-order chi connectivity index (χ0) is 16.6. The number of benzene rings is 1. The van der Waals surface area contributed by atoms with Crippen LogP contribution in [-0.4, -0.2) is 15.9 Å². The zero-order valence-electron chi connectivity index (χ0n) is 11.9. The van der Waals surface area contributed by atoms with Gasteiger partial charge in [0.1, 0.15) is 11.1 Å². The average Bonchev–Trinajstić information content (AvgIpc) is 2.86. The van der Waals surface area contributed by atoms with Crippen LogP contribution in [0.2, 0.25) is 0 Å². The van der Waals surface area contributed by atoms with Crippen molar-refractivity contribution in [3.05, 3.63) is 63.4 Å². The lowest BCUT2D eigenvalue weighted by molar-refractivity contribution is 0.0950. The summed E-state index contributed by atoms with van der Waals surface area (Å²) < 4.78 is 32.0. The molecule has 0 fully saturated rings. The first-order chi connectivity index (χ1) is 11.0. The van der Waals surface area contributed by atoms with Crippen molar-refractivity contribution < 1.29 is 18.0 Å². The number of amides is 1. The second kappa shape index (κ2) is 5.64. The Morgan fingerprint density at radius 3 is 2.96 bits per heavy atom. The van der Waals surface area contributed by atoms with Crippen LogP contribution >= 0.6 is 0 Å². The van der Waals surface area contributed by atoms with Gasteiger partial charge in [-0.1, -0.05) is 12.1 Å². The predicted molar refractivity (Wildman–Crippen MR) is 76.9 cm³/mol. The van der Waals surface area contributed by atoms with E-state index in [4.69, 9.17) is 4.42 Å². The highest BCUT2D eigenvalue weighted by Crippen LogP contribution is 2.20. The fourth-order valence-corrected chi connectivity index (χ4v) is 2.28. The lowest BCUT2D eigenvalue weighted by Crippen LogP contribution is -2.25. The summed E-state index contributed by atoms with van der Waals surface area (Å²) in [6, 6.07) is 3.68. The third-order valence-corrected chi connectivity index (χ3v) is 3.37. The molecule has 2 N–H and O–H groups in total. The molecule has 0 aliphatic heterocycles. The maximum atomic E-state index is 13.6. The predicted octanol–water partition coefficient (Wildman–Crippen LogP) is 2.03. The van der Waals surface area contributed by atoms with Gasteiger partial charge in [-0.05, 0) is 13.0 Å². The van der Waals surface area contributed by atoms with Crippen LogP contribution in [0.3, 0.4) is 0 Å². The minimum absolute atomic E-state index is 0.00385. The topological polar surface area (TPSA) is 88.0 Å². The van der Waals surface area contributed by atoms with Crippen molar-refractivity contribution in [2.75, 3.05) is 0 Å². The molecule has 0 aliphatic carbocycles. The Morgan fingerprint density at radius 2 is 2.17 bits per heavy atom. The van der Waals surface area contributed by atoms with Gasteiger partial charge < -0.3 is 14.7 Å². The molecule has 1 amide bonds. The lowest BCUT2D eigenvalue weighted by Gasteiger charge is -2.06. The van der Waals surface area contributed by atoms with E-state index in [9.17, 15) is 18.4 Å². The van der Waals surface area contributed by atoms with E-state index in [-0.39, 0.29) is 34.5 Å². The van der Waals surface area contributed by atoms with Gasteiger partial charge in [0.05, 0.1) is 11.9 Å². The smallest absolute Gasteiger partial charge is 0.262 e. The highest BCUT2D eigenvalue weighted by atomic mass is 19.2. The molecule has 2 aromatic heterocycles. The van der Waals surface area contributed by atoms with E-state index < -0.39 is 23.1 Å². The maximum Gasteiger partial charge on any atom is 0.262 e. The second-order valence-electron chi connectivity index (χ2n) is 4.84. The second-order valence-corrected chi connectivity index (χ2v) is 4.84. The quantitative estimate of drug-likeness (QED) is 0.773. The molecule has 8 heteroatoms. The summed E-state index contributed by atoms with van der Waals surface area (Å²) in [6.45, 7) is 1.28. The third-order valence-electron chi connectivity index (χ3n) is 3.37. The standard InChI is InChI=1S/C15H11F2N3O3/c1-7-10(11-14(22)19-6-20-15(11)23-7)13(21)18-5-8-3-2-4-9(16)12(8)17/h2-4,6H,5H2,1H3,(H,18,21)(H,19,20,22). The Morgan fingerprint density at radius 1 is 1.39 bits per heavy atom. The largest absolute Gasteiger partial charge is 0.442 e. The Labute approximate surface area is 128 Å². The number of fused-ring (bicyclic) bond motifs is 1. The van der Waals surface area contributed by atoms with E-state index in [0.29, 0.717) is 0 Å². The van der Waals surface area contributed by atoms with Crippen LogP contribution in [0.5, 0.6) is 0 Å². The number of furan rings is 1. The summed E-state index contributed by atoms with van der Waals surface area (Å²) in [7, 11) is 0. The summed E-state index contributed by atoms with van der Waals surface area (Å²) in [5.41, 5.74) is -0.468. The molecule has 0 radical (unpaired) electrons. The number of carbonyl (C=O) groups is 1. The highest BCUT2D eigenvalue weighted by molar-refractivity contribution is 6.06. The first kappa shape index (κ1) is 14.9. The molecule has 0 aliphatic rings. The molecule has 6 nitrogen and oxygen atoms in total. The minimum Gasteiger partial charge on any atom is -0.442 e. The van der Waals surface area contributed by atoms with Crippen LogP contribution in [0.4, 0.5) is 8.78 Å². The highest BCUT2D eigenvalue weighted by Gasteiger charge is 2.21. The van der Waals surface area contributed by atoms with E-state index in [1.165, 1.54) is 19.1 Å². The molecular weight excluding hydrogens is 308 g/mol. The Bertz CT molecular complexity index is 962. The van der Waals surface area contributed by atoms with Crippen molar-refractivity contribution in [2.24, 2.45) is 0 Å². The number of hydrogen-bond donors (Lipinski definition) is 2. The number of nitrogens with one attached hydrogen (secondary N) is 2. The Balaban J connectivity index is 1.91. The molecule has 0 unspecified atom stereocenters. The van der Waals surface area contributed by atoms with Crippen LogP contribution in [0.15, 0.2) is 33.7 Å². The number of H-pyrrole nitrogens is 1. The number of halogens is 2. The number of aryl methyl sites for hydroxylation is 1. The third kappa shape index (κ3) is 2.59. The molecule has 3 rings (SSSR count). The number of carbonyl (C=O) groups excluding carboxylic acids is 1. The summed E-state index contributed by atoms with van der Waals surface area (Å²) in [5.74, 6) is -2.45. The van der Waals surface area contributed by atoms with Gasteiger partial charge in [-0.25, -0.2) is 13.8 Å². The van der Waals surface area contributed by atoms with Gasteiger partial charge in [-0.3, -0.25) is 9.59 Å². The van der Waals surface area contributed by atoms with Gasteiger partial charge in [0.25, 0.3) is 11.5 Å². The first-order valence-corrected chi connectivity index (χ1v) is 6.67. The van der Waals surface area contributed by atoms with E-state index >= 15 is 0 Å². The zero-order valence-corrected chi connectivity index (χ0v) is 11.9. The van der Waals surface area contributed by atoms with Crippen molar-refractivity contribution in [1.82, 2.24) is 15.3 Å². The van der Waals surface area contributed by atoms with E-state index in [1.54, 1.807) is 0 Å². The van der Waals surface area contributed by atoms with Crippen LogP contribution in [-0.2, 0) is 6.54 Å². The molecule has 0 atom stereocenters. The van der Waals surface area contributed by atoms with Gasteiger partial charge in [0.15, 0.2) is 11.6 Å². The molecule has 2 heterocycles. The number of aromatic nitrogens is 2.